The van der Waals surface area contributed by atoms with Crippen molar-refractivity contribution < 1.29 is 22.1 Å². The zero-order valence-corrected chi connectivity index (χ0v) is 14.4. The lowest BCUT2D eigenvalue weighted by molar-refractivity contribution is -0.151. The molecule has 0 saturated heterocycles. The molecule has 1 fully saturated rings. The second kappa shape index (κ2) is 7.93. The molecule has 1 unspecified atom stereocenters. The van der Waals surface area contributed by atoms with Gasteiger partial charge in [-0.15, -0.1) is 0 Å². The summed E-state index contributed by atoms with van der Waals surface area (Å²) in [6.45, 7) is 2.08. The van der Waals surface area contributed by atoms with Gasteiger partial charge in [-0.3, -0.25) is 8.98 Å². The van der Waals surface area contributed by atoms with Gasteiger partial charge in [-0.05, 0) is 44.1 Å². The molecule has 0 amide bonds. The third kappa shape index (κ3) is 5.95. The van der Waals surface area contributed by atoms with Crippen LogP contribution in [0.5, 0.6) is 0 Å². The molecule has 2 rings (SSSR count). The van der Waals surface area contributed by atoms with Crippen molar-refractivity contribution in [2.45, 2.75) is 45.3 Å². The Morgan fingerprint density at radius 3 is 2.35 bits per heavy atom. The Balaban J connectivity index is 1.76. The van der Waals surface area contributed by atoms with Gasteiger partial charge >= 0.3 is 5.97 Å². The standard InChI is InChI=1S/C17H24O5S/c1-13(22-23(2,19)20)15-8-10-16(11-9-15)17(18)21-12-14-6-4-3-5-7-14/h3-7,13,15-16H,8-12H2,1-2H3. The first-order chi connectivity index (χ1) is 10.8. The molecule has 128 valence electrons. The minimum Gasteiger partial charge on any atom is -0.461 e. The number of ether oxygens (including phenoxy) is 1. The van der Waals surface area contributed by atoms with E-state index >= 15 is 0 Å². The highest BCUT2D eigenvalue weighted by molar-refractivity contribution is 7.86. The molecule has 6 heteroatoms. The predicted octanol–water partition coefficient (Wildman–Crippen LogP) is 2.90. The van der Waals surface area contributed by atoms with Crippen LogP contribution in [-0.4, -0.2) is 26.7 Å². The van der Waals surface area contributed by atoms with Crippen LogP contribution in [-0.2, 0) is 30.4 Å². The molecule has 1 aliphatic carbocycles. The smallest absolute Gasteiger partial charge is 0.309 e. The second-order valence-corrected chi connectivity index (χ2v) is 7.81. The fraction of sp³-hybridized carbons (Fsp3) is 0.588. The van der Waals surface area contributed by atoms with E-state index in [2.05, 4.69) is 0 Å². The van der Waals surface area contributed by atoms with Gasteiger partial charge in [-0.1, -0.05) is 30.3 Å². The van der Waals surface area contributed by atoms with Gasteiger partial charge in [0.1, 0.15) is 6.61 Å². The number of carbonyl (C=O) groups is 1. The monoisotopic (exact) mass is 340 g/mol. The van der Waals surface area contributed by atoms with Gasteiger partial charge in [-0.2, -0.15) is 8.42 Å². The van der Waals surface area contributed by atoms with Crippen molar-refractivity contribution in [1.29, 1.82) is 0 Å². The number of rotatable bonds is 6. The molecular weight excluding hydrogens is 316 g/mol. The molecule has 0 heterocycles. The van der Waals surface area contributed by atoms with Gasteiger partial charge in [0.15, 0.2) is 0 Å². The zero-order chi connectivity index (χ0) is 16.9. The van der Waals surface area contributed by atoms with Crippen molar-refractivity contribution in [3.63, 3.8) is 0 Å². The SMILES string of the molecule is CC(OS(C)(=O)=O)C1CCC(C(=O)OCc2ccccc2)CC1. The van der Waals surface area contributed by atoms with Crippen LogP contribution in [0, 0.1) is 11.8 Å². The maximum absolute atomic E-state index is 12.1. The van der Waals surface area contributed by atoms with E-state index in [0.717, 1.165) is 37.5 Å². The molecule has 23 heavy (non-hydrogen) atoms. The van der Waals surface area contributed by atoms with Crippen LogP contribution in [0.4, 0.5) is 0 Å². The van der Waals surface area contributed by atoms with E-state index in [1.807, 2.05) is 30.3 Å². The minimum absolute atomic E-state index is 0.0969. The van der Waals surface area contributed by atoms with E-state index < -0.39 is 10.1 Å². The largest absolute Gasteiger partial charge is 0.461 e. The molecule has 5 nitrogen and oxygen atoms in total. The van der Waals surface area contributed by atoms with Gasteiger partial charge in [0.2, 0.25) is 0 Å². The quantitative estimate of drug-likeness (QED) is 0.588. The molecule has 0 aliphatic heterocycles. The van der Waals surface area contributed by atoms with Crippen molar-refractivity contribution in [2.75, 3.05) is 6.26 Å². The van der Waals surface area contributed by atoms with Gasteiger partial charge in [-0.25, -0.2) is 0 Å². The second-order valence-electron chi connectivity index (χ2n) is 6.21. The van der Waals surface area contributed by atoms with Crippen LogP contribution in [0.2, 0.25) is 0 Å². The molecule has 0 bridgehead atoms. The Morgan fingerprint density at radius 2 is 1.78 bits per heavy atom. The summed E-state index contributed by atoms with van der Waals surface area (Å²) >= 11 is 0. The molecule has 1 aromatic carbocycles. The van der Waals surface area contributed by atoms with Gasteiger partial charge < -0.3 is 4.74 Å². The maximum atomic E-state index is 12.1. The molecule has 1 aliphatic rings. The normalized spacial score (nSPS) is 23.2. The number of carbonyl (C=O) groups excluding carboxylic acids is 1. The van der Waals surface area contributed by atoms with Gasteiger partial charge in [0, 0.05) is 0 Å². The average molecular weight is 340 g/mol. The van der Waals surface area contributed by atoms with Crippen LogP contribution in [0.3, 0.4) is 0 Å². The first-order valence-electron chi connectivity index (χ1n) is 7.94. The molecule has 0 radical (unpaired) electrons. The highest BCUT2D eigenvalue weighted by Crippen LogP contribution is 2.33. The van der Waals surface area contributed by atoms with Gasteiger partial charge in [0.25, 0.3) is 10.1 Å². The minimum atomic E-state index is -3.43. The molecular formula is C17H24O5S. The molecule has 1 saturated carbocycles. The van der Waals surface area contributed by atoms with Crippen LogP contribution in [0.25, 0.3) is 0 Å². The van der Waals surface area contributed by atoms with Crippen LogP contribution < -0.4 is 0 Å². The summed E-state index contributed by atoms with van der Waals surface area (Å²) < 4.78 is 32.8. The van der Waals surface area contributed by atoms with E-state index in [0.29, 0.717) is 6.61 Å². The lowest BCUT2D eigenvalue weighted by atomic mass is 9.80. The van der Waals surface area contributed by atoms with Crippen molar-refractivity contribution in [2.24, 2.45) is 11.8 Å². The molecule has 1 atom stereocenters. The molecule has 0 N–H and O–H groups in total. The third-order valence-electron chi connectivity index (χ3n) is 4.32. The average Bonchev–Trinajstić information content (AvgIpc) is 2.52. The summed E-state index contributed by atoms with van der Waals surface area (Å²) in [5.41, 5.74) is 0.977. The number of esters is 1. The van der Waals surface area contributed by atoms with E-state index in [4.69, 9.17) is 8.92 Å². The summed E-state index contributed by atoms with van der Waals surface area (Å²) in [5, 5.41) is 0. The van der Waals surface area contributed by atoms with Crippen LogP contribution in [0.1, 0.15) is 38.2 Å². The van der Waals surface area contributed by atoms with Crippen molar-refractivity contribution in [3.05, 3.63) is 35.9 Å². The Bertz CT molecular complexity index is 603. The topological polar surface area (TPSA) is 69.7 Å². The van der Waals surface area contributed by atoms with E-state index in [1.54, 1.807) is 6.92 Å². The van der Waals surface area contributed by atoms with E-state index in [9.17, 15) is 13.2 Å². The van der Waals surface area contributed by atoms with Crippen molar-refractivity contribution in [3.8, 4) is 0 Å². The number of benzene rings is 1. The molecule has 0 aromatic heterocycles. The summed E-state index contributed by atoms with van der Waals surface area (Å²) in [4.78, 5) is 12.1. The van der Waals surface area contributed by atoms with E-state index in [-0.39, 0.29) is 23.9 Å². The van der Waals surface area contributed by atoms with Crippen molar-refractivity contribution in [1.82, 2.24) is 0 Å². The number of hydrogen-bond acceptors (Lipinski definition) is 5. The Hall–Kier alpha value is -1.40. The number of hydrogen-bond donors (Lipinski definition) is 0. The lowest BCUT2D eigenvalue weighted by Gasteiger charge is -2.30. The Morgan fingerprint density at radius 1 is 1.17 bits per heavy atom. The lowest BCUT2D eigenvalue weighted by Crippen LogP contribution is -2.30. The predicted molar refractivity (Wildman–Crippen MR) is 87.1 cm³/mol. The van der Waals surface area contributed by atoms with Crippen molar-refractivity contribution >= 4 is 16.1 Å². The Labute approximate surface area is 138 Å². The highest BCUT2D eigenvalue weighted by atomic mass is 32.2. The fourth-order valence-corrected chi connectivity index (χ4v) is 3.73. The summed E-state index contributed by atoms with van der Waals surface area (Å²) in [6.07, 6.45) is 3.72. The summed E-state index contributed by atoms with van der Waals surface area (Å²) in [6, 6.07) is 9.60. The van der Waals surface area contributed by atoms with Gasteiger partial charge in [0.05, 0.1) is 18.3 Å². The van der Waals surface area contributed by atoms with Crippen LogP contribution >= 0.6 is 0 Å². The zero-order valence-electron chi connectivity index (χ0n) is 13.6. The third-order valence-corrected chi connectivity index (χ3v) is 4.97. The fourth-order valence-electron chi connectivity index (χ4n) is 3.03. The summed E-state index contributed by atoms with van der Waals surface area (Å²) in [7, 11) is -3.43. The van der Waals surface area contributed by atoms with Crippen LogP contribution in [0.15, 0.2) is 30.3 Å². The van der Waals surface area contributed by atoms with E-state index in [1.165, 1.54) is 0 Å². The first kappa shape index (κ1) is 17.9. The summed E-state index contributed by atoms with van der Waals surface area (Å²) in [5.74, 6) is -0.0905. The highest BCUT2D eigenvalue weighted by Gasteiger charge is 2.31. The maximum Gasteiger partial charge on any atom is 0.309 e. The molecule has 0 spiro atoms. The first-order valence-corrected chi connectivity index (χ1v) is 9.75. The molecule has 1 aromatic rings. The Kier molecular flexibility index (Phi) is 6.18.